The summed E-state index contributed by atoms with van der Waals surface area (Å²) in [6.45, 7) is 7.67. The Morgan fingerprint density at radius 1 is 1.54 bits per heavy atom. The van der Waals surface area contributed by atoms with Crippen molar-refractivity contribution < 1.29 is 4.42 Å². The molecule has 0 aliphatic heterocycles. The molecule has 1 nitrogen and oxygen atoms in total. The van der Waals surface area contributed by atoms with Crippen LogP contribution < -0.4 is 0 Å². The first-order valence-electron chi connectivity index (χ1n) is 4.16. The molecule has 1 heteroatoms. The molecule has 0 unspecified atom stereocenters. The first kappa shape index (κ1) is 11.8. The Balaban J connectivity index is 0.00000144. The Morgan fingerprint density at radius 2 is 2.23 bits per heavy atom. The molecule has 1 aromatic heterocycles. The molecular weight excluding hydrogens is 160 g/mol. The average Bonchev–Trinajstić information content (AvgIpc) is 2.43. The third-order valence-corrected chi connectivity index (χ3v) is 1.77. The first-order valence-corrected chi connectivity index (χ1v) is 4.16. The van der Waals surface area contributed by atoms with Crippen LogP contribution in [0.3, 0.4) is 0 Å². The molecule has 0 amide bonds. The number of allylic oxidation sites excluding steroid dienone is 2. The van der Waals surface area contributed by atoms with Gasteiger partial charge in [-0.05, 0) is 13.0 Å². The lowest BCUT2D eigenvalue weighted by Crippen LogP contribution is -1.68. The van der Waals surface area contributed by atoms with E-state index in [1.165, 1.54) is 0 Å². The van der Waals surface area contributed by atoms with Crippen LogP contribution in [-0.4, -0.2) is 0 Å². The summed E-state index contributed by atoms with van der Waals surface area (Å²) in [6, 6.07) is 2.06. The van der Waals surface area contributed by atoms with Crippen molar-refractivity contribution in [3.8, 4) is 0 Å². The molecule has 72 valence electrons. The molecule has 1 aromatic rings. The van der Waals surface area contributed by atoms with E-state index in [1.807, 2.05) is 19.1 Å². The summed E-state index contributed by atoms with van der Waals surface area (Å²) in [4.78, 5) is 0. The highest BCUT2D eigenvalue weighted by Crippen LogP contribution is 2.16. The SMILES string of the molecule is C.C=C/C=C\c1cc(CC)oc1C. The minimum absolute atomic E-state index is 0. The fourth-order valence-corrected chi connectivity index (χ4v) is 1.07. The van der Waals surface area contributed by atoms with Crippen LogP contribution in [0.1, 0.15) is 31.4 Å². The minimum atomic E-state index is 0. The van der Waals surface area contributed by atoms with E-state index in [2.05, 4.69) is 19.6 Å². The molecule has 0 bridgehead atoms. The van der Waals surface area contributed by atoms with Gasteiger partial charge in [0.15, 0.2) is 0 Å². The van der Waals surface area contributed by atoms with Crippen molar-refractivity contribution in [2.24, 2.45) is 0 Å². The number of aryl methyl sites for hydroxylation is 2. The smallest absolute Gasteiger partial charge is 0.108 e. The largest absolute Gasteiger partial charge is 0.466 e. The molecule has 0 aromatic carbocycles. The molecule has 0 aliphatic carbocycles. The number of hydrogen-bond donors (Lipinski definition) is 0. The molecule has 0 fully saturated rings. The maximum atomic E-state index is 5.48. The van der Waals surface area contributed by atoms with E-state index in [-0.39, 0.29) is 7.43 Å². The monoisotopic (exact) mass is 178 g/mol. The van der Waals surface area contributed by atoms with Crippen molar-refractivity contribution in [3.05, 3.63) is 41.9 Å². The van der Waals surface area contributed by atoms with E-state index in [9.17, 15) is 0 Å². The van der Waals surface area contributed by atoms with E-state index in [4.69, 9.17) is 4.42 Å². The van der Waals surface area contributed by atoms with Gasteiger partial charge in [0.2, 0.25) is 0 Å². The minimum Gasteiger partial charge on any atom is -0.466 e. The fraction of sp³-hybridized carbons (Fsp3) is 0.333. The second-order valence-electron chi connectivity index (χ2n) is 2.67. The van der Waals surface area contributed by atoms with E-state index in [0.29, 0.717) is 0 Å². The van der Waals surface area contributed by atoms with Crippen molar-refractivity contribution in [3.63, 3.8) is 0 Å². The van der Waals surface area contributed by atoms with Crippen molar-refractivity contribution in [1.29, 1.82) is 0 Å². The summed E-state index contributed by atoms with van der Waals surface area (Å²) in [6.07, 6.45) is 6.63. The maximum Gasteiger partial charge on any atom is 0.108 e. The van der Waals surface area contributed by atoms with Crippen LogP contribution in [0.4, 0.5) is 0 Å². The van der Waals surface area contributed by atoms with Crippen molar-refractivity contribution in [1.82, 2.24) is 0 Å². The van der Waals surface area contributed by atoms with E-state index >= 15 is 0 Å². The molecule has 0 radical (unpaired) electrons. The lowest BCUT2D eigenvalue weighted by Gasteiger charge is -1.85. The predicted octanol–water partition coefficient (Wildman–Crippen LogP) is 3.99. The highest BCUT2D eigenvalue weighted by molar-refractivity contribution is 5.53. The van der Waals surface area contributed by atoms with Crippen molar-refractivity contribution in [2.45, 2.75) is 27.7 Å². The second-order valence-corrected chi connectivity index (χ2v) is 2.67. The van der Waals surface area contributed by atoms with Gasteiger partial charge in [-0.1, -0.05) is 39.2 Å². The lowest BCUT2D eigenvalue weighted by atomic mass is 10.2. The molecule has 1 heterocycles. The Hall–Kier alpha value is -1.24. The first-order chi connectivity index (χ1) is 5.77. The molecule has 1 rings (SSSR count). The molecule has 0 N–H and O–H groups in total. The molecule has 0 saturated carbocycles. The molecule has 0 atom stereocenters. The average molecular weight is 178 g/mol. The van der Waals surface area contributed by atoms with Crippen LogP contribution in [0.5, 0.6) is 0 Å². The zero-order chi connectivity index (χ0) is 8.97. The molecule has 13 heavy (non-hydrogen) atoms. The number of rotatable bonds is 3. The van der Waals surface area contributed by atoms with E-state index in [0.717, 1.165) is 23.5 Å². The van der Waals surface area contributed by atoms with Crippen LogP contribution in [0, 0.1) is 6.92 Å². The van der Waals surface area contributed by atoms with Gasteiger partial charge in [-0.25, -0.2) is 0 Å². The van der Waals surface area contributed by atoms with Gasteiger partial charge < -0.3 is 4.42 Å². The van der Waals surface area contributed by atoms with Crippen LogP contribution >= 0.6 is 0 Å². The zero-order valence-electron chi connectivity index (χ0n) is 7.63. The Kier molecular flexibility index (Phi) is 4.90. The molecule has 0 spiro atoms. The maximum absolute atomic E-state index is 5.48. The molecule has 0 aliphatic rings. The van der Waals surface area contributed by atoms with Gasteiger partial charge >= 0.3 is 0 Å². The van der Waals surface area contributed by atoms with Crippen LogP contribution in [-0.2, 0) is 6.42 Å². The van der Waals surface area contributed by atoms with Gasteiger partial charge in [0, 0.05) is 12.0 Å². The summed E-state index contributed by atoms with van der Waals surface area (Å²) >= 11 is 0. The van der Waals surface area contributed by atoms with Crippen molar-refractivity contribution >= 4 is 6.08 Å². The molecular formula is C12H18O. The molecule has 0 saturated heterocycles. The highest BCUT2D eigenvalue weighted by Gasteiger charge is 2.01. The quantitative estimate of drug-likeness (QED) is 0.638. The van der Waals surface area contributed by atoms with Gasteiger partial charge in [0.05, 0.1) is 0 Å². The topological polar surface area (TPSA) is 13.1 Å². The Bertz CT molecular complexity index is 292. The Labute approximate surface area is 80.8 Å². The van der Waals surface area contributed by atoms with Crippen LogP contribution in [0.15, 0.2) is 29.2 Å². The lowest BCUT2D eigenvalue weighted by molar-refractivity contribution is 0.488. The Morgan fingerprint density at radius 3 is 2.69 bits per heavy atom. The van der Waals surface area contributed by atoms with Gasteiger partial charge in [-0.15, -0.1) is 0 Å². The number of furan rings is 1. The summed E-state index contributed by atoms with van der Waals surface area (Å²) in [5, 5.41) is 0. The zero-order valence-corrected chi connectivity index (χ0v) is 7.63. The van der Waals surface area contributed by atoms with E-state index in [1.54, 1.807) is 6.08 Å². The second kappa shape index (κ2) is 5.41. The van der Waals surface area contributed by atoms with Crippen LogP contribution in [0.2, 0.25) is 0 Å². The van der Waals surface area contributed by atoms with Crippen molar-refractivity contribution in [2.75, 3.05) is 0 Å². The summed E-state index contributed by atoms with van der Waals surface area (Å²) in [5.41, 5.74) is 1.15. The van der Waals surface area contributed by atoms with Gasteiger partial charge in [0.1, 0.15) is 11.5 Å². The van der Waals surface area contributed by atoms with E-state index < -0.39 is 0 Å². The number of hydrogen-bond acceptors (Lipinski definition) is 1. The van der Waals surface area contributed by atoms with Gasteiger partial charge in [-0.2, -0.15) is 0 Å². The highest BCUT2D eigenvalue weighted by atomic mass is 16.3. The fourth-order valence-electron chi connectivity index (χ4n) is 1.07. The summed E-state index contributed by atoms with van der Waals surface area (Å²) < 4.78 is 5.48. The third-order valence-electron chi connectivity index (χ3n) is 1.77. The summed E-state index contributed by atoms with van der Waals surface area (Å²) in [7, 11) is 0. The summed E-state index contributed by atoms with van der Waals surface area (Å²) in [5.74, 6) is 2.01. The van der Waals surface area contributed by atoms with Gasteiger partial charge in [-0.3, -0.25) is 0 Å². The predicted molar refractivity (Wildman–Crippen MR) is 58.8 cm³/mol. The standard InChI is InChI=1S/C11H14O.CH4/c1-4-6-7-10-8-11(5-2)12-9(10)3;/h4,6-8H,1,5H2,2-3H3;1H4/b7-6-;. The normalized spacial score (nSPS) is 10.0. The van der Waals surface area contributed by atoms with Gasteiger partial charge in [0.25, 0.3) is 0 Å². The van der Waals surface area contributed by atoms with Crippen LogP contribution in [0.25, 0.3) is 6.08 Å². The third kappa shape index (κ3) is 2.94.